The number of nitrogens with two attached hydrogens (primary N) is 1. The van der Waals surface area contributed by atoms with Gasteiger partial charge >= 0.3 is 0 Å². The first-order valence-corrected chi connectivity index (χ1v) is 13.4. The Hall–Kier alpha value is -5.45. The highest BCUT2D eigenvalue weighted by Crippen LogP contribution is 2.37. The predicted octanol–water partition coefficient (Wildman–Crippen LogP) is 5.46. The molecule has 4 aromatic rings. The molecule has 226 valence electrons. The number of nitrogen functional groups attached to an aromatic ring is 1. The second kappa shape index (κ2) is 18.1. The molecule has 3 N–H and O–H groups in total. The molecule has 0 atom stereocenters. The molecule has 0 bridgehead atoms. The van der Waals surface area contributed by atoms with E-state index in [1.54, 1.807) is 30.3 Å². The minimum atomic E-state index is -0.160. The van der Waals surface area contributed by atoms with Crippen LogP contribution in [0.1, 0.15) is 29.8 Å². The largest absolute Gasteiger partial charge is 0.485 e. The van der Waals surface area contributed by atoms with Crippen molar-refractivity contribution in [3.8, 4) is 28.6 Å². The number of aromatic nitrogens is 4. The number of aryl methyl sites for hydroxylation is 1. The van der Waals surface area contributed by atoms with Gasteiger partial charge in [-0.3, -0.25) is 9.59 Å². The molecule has 0 radical (unpaired) electrons. The van der Waals surface area contributed by atoms with Crippen molar-refractivity contribution >= 4 is 24.1 Å². The van der Waals surface area contributed by atoms with Gasteiger partial charge < -0.3 is 25.3 Å². The van der Waals surface area contributed by atoms with E-state index in [0.29, 0.717) is 53.6 Å². The van der Waals surface area contributed by atoms with Gasteiger partial charge in [0, 0.05) is 24.0 Å². The molecule has 0 spiro atoms. The van der Waals surface area contributed by atoms with Crippen LogP contribution < -0.4 is 20.5 Å². The summed E-state index contributed by atoms with van der Waals surface area (Å²) < 4.78 is 15.8. The Morgan fingerprint density at radius 2 is 1.63 bits per heavy atom. The van der Waals surface area contributed by atoms with Crippen molar-refractivity contribution in [2.24, 2.45) is 0 Å². The number of nitrogens with zero attached hydrogens (tertiary/aromatic N) is 4. The fraction of sp³-hybridized carbons (Fsp3) is 0.219. The van der Waals surface area contributed by atoms with Crippen LogP contribution in [0.5, 0.6) is 11.5 Å². The summed E-state index contributed by atoms with van der Waals surface area (Å²) >= 11 is 0. The Balaban J connectivity index is 0.000000352. The van der Waals surface area contributed by atoms with E-state index in [1.165, 1.54) is 22.1 Å². The molecule has 1 heterocycles. The number of aldehydes is 1. The first-order valence-electron chi connectivity index (χ1n) is 13.4. The van der Waals surface area contributed by atoms with Crippen LogP contribution in [0.3, 0.4) is 0 Å². The molecular weight excluding hydrogens is 548 g/mol. The molecule has 0 saturated heterocycles. The zero-order valence-electron chi connectivity index (χ0n) is 24.9. The van der Waals surface area contributed by atoms with Crippen LogP contribution in [-0.2, 0) is 9.53 Å². The van der Waals surface area contributed by atoms with E-state index >= 15 is 0 Å². The van der Waals surface area contributed by atoms with Crippen molar-refractivity contribution in [2.75, 3.05) is 31.3 Å². The number of ether oxygens (including phenoxy) is 3. The van der Waals surface area contributed by atoms with Crippen LogP contribution in [0.2, 0.25) is 0 Å². The van der Waals surface area contributed by atoms with Crippen LogP contribution in [0.4, 0.5) is 11.4 Å². The molecule has 11 nitrogen and oxygen atoms in total. The third-order valence-corrected chi connectivity index (χ3v) is 5.37. The summed E-state index contributed by atoms with van der Waals surface area (Å²) in [5.41, 5.74) is 10.5. The van der Waals surface area contributed by atoms with E-state index in [0.717, 1.165) is 5.56 Å². The van der Waals surface area contributed by atoms with Gasteiger partial charge in [-0.25, -0.2) is 0 Å². The average Bonchev–Trinajstić information content (AvgIpc) is 3.50. The van der Waals surface area contributed by atoms with Crippen LogP contribution in [-0.4, -0.2) is 59.3 Å². The quantitative estimate of drug-likeness (QED) is 0.0951. The molecule has 3 aromatic carbocycles. The van der Waals surface area contributed by atoms with Crippen LogP contribution in [0.15, 0.2) is 86.0 Å². The number of nitrogens with one attached hydrogen (secondary N) is 1. The summed E-state index contributed by atoms with van der Waals surface area (Å²) in [4.78, 5) is 22.1. The van der Waals surface area contributed by atoms with E-state index in [1.807, 2.05) is 33.0 Å². The second-order valence-electron chi connectivity index (χ2n) is 9.08. The molecule has 0 unspecified atom stereocenters. The predicted molar refractivity (Wildman–Crippen MR) is 169 cm³/mol. The maximum Gasteiger partial charge on any atom is 0.293 e. The number of hydrogen-bond donors (Lipinski definition) is 2. The lowest BCUT2D eigenvalue weighted by atomic mass is 10.1. The molecule has 0 fully saturated rings. The Labute approximate surface area is 252 Å². The van der Waals surface area contributed by atoms with Crippen LogP contribution in [0, 0.1) is 6.92 Å². The van der Waals surface area contributed by atoms with E-state index in [2.05, 4.69) is 69.8 Å². The highest BCUT2D eigenvalue weighted by atomic mass is 16.5. The minimum absolute atomic E-state index is 0.160. The maximum atomic E-state index is 11.5. The highest BCUT2D eigenvalue weighted by molar-refractivity contribution is 5.83. The fourth-order valence-electron chi connectivity index (χ4n) is 3.35. The molecule has 0 aliphatic heterocycles. The van der Waals surface area contributed by atoms with Gasteiger partial charge in [0.25, 0.3) is 6.47 Å². The Morgan fingerprint density at radius 1 is 0.953 bits per heavy atom. The van der Waals surface area contributed by atoms with Crippen LogP contribution in [0.25, 0.3) is 17.1 Å². The zero-order chi connectivity index (χ0) is 31.6. The summed E-state index contributed by atoms with van der Waals surface area (Å²) in [6.45, 7) is 13.7. The third kappa shape index (κ3) is 10.8. The van der Waals surface area contributed by atoms with Crippen molar-refractivity contribution in [1.82, 2.24) is 20.2 Å². The summed E-state index contributed by atoms with van der Waals surface area (Å²) in [6.07, 6.45) is 3.65. The lowest BCUT2D eigenvalue weighted by Gasteiger charge is -2.18. The van der Waals surface area contributed by atoms with Gasteiger partial charge in [-0.05, 0) is 74.5 Å². The van der Waals surface area contributed by atoms with Crippen molar-refractivity contribution in [3.63, 3.8) is 0 Å². The Morgan fingerprint density at radius 3 is 2.16 bits per heavy atom. The molecule has 0 amide bonds. The number of benzene rings is 3. The molecule has 11 heteroatoms. The van der Waals surface area contributed by atoms with Gasteiger partial charge in [0.15, 0.2) is 17.8 Å². The van der Waals surface area contributed by atoms with Crippen molar-refractivity contribution in [2.45, 2.75) is 26.9 Å². The molecular formula is C32H38N6O5. The van der Waals surface area contributed by atoms with E-state index in [4.69, 9.17) is 15.2 Å². The van der Waals surface area contributed by atoms with Gasteiger partial charge in [0.1, 0.15) is 18.9 Å². The number of carbonyl (C=O) groups is 2. The lowest BCUT2D eigenvalue weighted by molar-refractivity contribution is -0.127. The summed E-state index contributed by atoms with van der Waals surface area (Å²) in [7, 11) is 1.92. The fourth-order valence-corrected chi connectivity index (χ4v) is 3.35. The summed E-state index contributed by atoms with van der Waals surface area (Å²) in [5, 5.41) is 15.7. The second-order valence-corrected chi connectivity index (χ2v) is 9.08. The Bertz CT molecular complexity index is 1440. The van der Waals surface area contributed by atoms with Gasteiger partial charge in [0.05, 0.1) is 11.7 Å². The molecule has 0 aliphatic carbocycles. The van der Waals surface area contributed by atoms with E-state index in [-0.39, 0.29) is 12.7 Å². The lowest BCUT2D eigenvalue weighted by Crippen LogP contribution is -2.13. The minimum Gasteiger partial charge on any atom is -0.485 e. The van der Waals surface area contributed by atoms with Crippen molar-refractivity contribution in [3.05, 3.63) is 97.1 Å². The molecule has 0 saturated carbocycles. The number of tetrazole rings is 1. The van der Waals surface area contributed by atoms with Gasteiger partial charge in [-0.1, -0.05) is 43.0 Å². The monoisotopic (exact) mass is 586 g/mol. The smallest absolute Gasteiger partial charge is 0.293 e. The highest BCUT2D eigenvalue weighted by Gasteiger charge is 2.21. The number of hydrogen-bond acceptors (Lipinski definition) is 10. The topological polar surface area (TPSA) is 143 Å². The molecule has 4 rings (SSSR count). The number of rotatable bonds is 12. The zero-order valence-corrected chi connectivity index (χ0v) is 24.9. The number of carbonyl (C=O) groups excluding carboxylic acids is 2. The van der Waals surface area contributed by atoms with Crippen molar-refractivity contribution in [1.29, 1.82) is 0 Å². The molecule has 43 heavy (non-hydrogen) atoms. The SMILES string of the molecule is C=CCOC=O.C=CCOc1c(C=O)ccc(-n2nnc(-c3ccc(N)cc3)n2)c1OC(C)C.CNc1ccc(C)cc1. The molecule has 0 aliphatic rings. The standard InChI is InChI=1S/C20H21N5O3.C8H11N.C4H6O2/c1-4-11-27-18-15(12-26)7-10-17(19(18)28-13(2)3)25-23-20(22-24-25)14-5-8-16(21)9-6-14;1-7-3-5-8(9-2)6-4-7;1-2-3-6-4-5/h4-10,12-13H,1,11,21H2,2-3H3;3-6,9H,1-2H3;2,4H,1,3H2. The first-order chi connectivity index (χ1) is 20.8. The van der Waals surface area contributed by atoms with Crippen molar-refractivity contribution < 1.29 is 23.8 Å². The number of anilines is 2. The van der Waals surface area contributed by atoms with E-state index < -0.39 is 0 Å². The molecule has 1 aromatic heterocycles. The van der Waals surface area contributed by atoms with Gasteiger partial charge in [-0.2, -0.15) is 0 Å². The van der Waals surface area contributed by atoms with E-state index in [9.17, 15) is 9.59 Å². The Kier molecular flexibility index (Phi) is 14.2. The summed E-state index contributed by atoms with van der Waals surface area (Å²) in [6, 6.07) is 18.8. The van der Waals surface area contributed by atoms with Crippen LogP contribution >= 0.6 is 0 Å². The van der Waals surface area contributed by atoms with Gasteiger partial charge in [-0.15, -0.1) is 15.0 Å². The average molecular weight is 587 g/mol. The summed E-state index contributed by atoms with van der Waals surface area (Å²) in [5.74, 6) is 1.11. The maximum absolute atomic E-state index is 11.5. The normalized spacial score (nSPS) is 9.79. The third-order valence-electron chi connectivity index (χ3n) is 5.37. The first kappa shape index (κ1) is 33.8. The van der Waals surface area contributed by atoms with Gasteiger partial charge in [0.2, 0.25) is 5.82 Å².